The molecule has 3 rings (SSSR count). The molecule has 0 saturated heterocycles. The molecule has 0 unspecified atom stereocenters. The van der Waals surface area contributed by atoms with E-state index in [1.165, 1.54) is 4.90 Å². The third kappa shape index (κ3) is 7.80. The number of nitrogens with one attached hydrogen (secondary N) is 3. The Hall–Kier alpha value is -2.92. The van der Waals surface area contributed by atoms with Crippen LogP contribution >= 0.6 is 0 Å². The van der Waals surface area contributed by atoms with Crippen LogP contribution in [0.5, 0.6) is 0 Å². The number of hydrogen-bond donors (Lipinski definition) is 3. The van der Waals surface area contributed by atoms with Crippen LogP contribution in [-0.2, 0) is 9.59 Å². The molecule has 0 aliphatic heterocycles. The standard InChI is InChI=1S/C30H36N5O2.U/c1-8-22(24-15-26-27(18-33-28(26)32-17-24)23-12-10-9-11-13-23)14-25(30(37)35(6)7)20(4)34-29(36)21(5)31-16-19(2)3;/h8-12,14-15,17-19,21,31H,4,16H2,1-3,5-7H3,(H,32,33)(H,34,36);/q-1;/b22-8+,25-14+;/t21-;/m1./s1. The number of aromatic amines is 1. The fraction of sp³-hybridized carbons (Fsp3) is 0.300. The molecule has 0 bridgehead atoms. The normalized spacial score (nSPS) is 12.7. The molecule has 0 saturated carbocycles. The largest absolute Gasteiger partial charge is 0.355 e. The molecular formula is C30H36N5O2U-. The Morgan fingerprint density at radius 2 is 1.97 bits per heavy atom. The first-order valence-electron chi connectivity index (χ1n) is 12.4. The number of benzene rings is 1. The average molecular weight is 737 g/mol. The Balaban J connectivity index is 0.00000507. The van der Waals surface area contributed by atoms with Gasteiger partial charge in [0, 0.05) is 57.1 Å². The van der Waals surface area contributed by atoms with Gasteiger partial charge in [0.15, 0.2) is 0 Å². The van der Waals surface area contributed by atoms with Gasteiger partial charge in [0.25, 0.3) is 5.91 Å². The summed E-state index contributed by atoms with van der Waals surface area (Å²) in [5.74, 6) is -0.0975. The molecule has 0 aliphatic carbocycles. The van der Waals surface area contributed by atoms with Crippen molar-refractivity contribution in [3.63, 3.8) is 0 Å². The van der Waals surface area contributed by atoms with Crippen LogP contribution in [0.2, 0.25) is 0 Å². The van der Waals surface area contributed by atoms with Crippen molar-refractivity contribution in [3.8, 4) is 11.1 Å². The Morgan fingerprint density at radius 1 is 1.24 bits per heavy atom. The molecule has 0 spiro atoms. The van der Waals surface area contributed by atoms with E-state index in [2.05, 4.69) is 47.1 Å². The van der Waals surface area contributed by atoms with Crippen molar-refractivity contribution in [2.75, 3.05) is 20.6 Å². The smallest absolute Gasteiger partial charge is 0.255 e. The van der Waals surface area contributed by atoms with Gasteiger partial charge < -0.3 is 20.5 Å². The van der Waals surface area contributed by atoms with E-state index in [1.54, 1.807) is 33.3 Å². The Labute approximate surface area is 249 Å². The Morgan fingerprint density at radius 3 is 2.58 bits per heavy atom. The minimum atomic E-state index is -0.426. The number of carbonyl (C=O) groups excluding carboxylic acids is 2. The van der Waals surface area contributed by atoms with Crippen molar-refractivity contribution in [2.45, 2.75) is 33.7 Å². The second kappa shape index (κ2) is 14.3. The fourth-order valence-corrected chi connectivity index (χ4v) is 3.78. The van der Waals surface area contributed by atoms with Gasteiger partial charge in [-0.1, -0.05) is 38.1 Å². The van der Waals surface area contributed by atoms with Gasteiger partial charge in [0.1, 0.15) is 5.65 Å². The van der Waals surface area contributed by atoms with Crippen LogP contribution in [0, 0.1) is 43.1 Å². The van der Waals surface area contributed by atoms with E-state index in [1.807, 2.05) is 49.5 Å². The predicted octanol–water partition coefficient (Wildman–Crippen LogP) is 4.71. The summed E-state index contributed by atoms with van der Waals surface area (Å²) >= 11 is 0. The average Bonchev–Trinajstić information content (AvgIpc) is 3.31. The first-order chi connectivity index (χ1) is 17.6. The van der Waals surface area contributed by atoms with Crippen molar-refractivity contribution in [1.29, 1.82) is 0 Å². The second-order valence-corrected chi connectivity index (χ2v) is 9.59. The number of pyridine rings is 1. The molecule has 2 aromatic heterocycles. The number of carbonyl (C=O) groups is 2. The molecule has 3 N–H and O–H groups in total. The molecule has 38 heavy (non-hydrogen) atoms. The van der Waals surface area contributed by atoms with E-state index in [9.17, 15) is 9.59 Å². The minimum Gasteiger partial charge on any atom is -0.355 e. The van der Waals surface area contributed by atoms with E-state index < -0.39 is 6.04 Å². The van der Waals surface area contributed by atoms with Crippen LogP contribution < -0.4 is 10.6 Å². The van der Waals surface area contributed by atoms with E-state index in [-0.39, 0.29) is 48.6 Å². The van der Waals surface area contributed by atoms with Gasteiger partial charge >= 0.3 is 0 Å². The maximum Gasteiger partial charge on any atom is 0.255 e. The van der Waals surface area contributed by atoms with Crippen LogP contribution in [0.1, 0.15) is 33.3 Å². The number of likely N-dealkylation sites (N-methyl/N-ethyl adjacent to an activating group) is 1. The van der Waals surface area contributed by atoms with Crippen molar-refractivity contribution in [1.82, 2.24) is 25.5 Å². The summed E-state index contributed by atoms with van der Waals surface area (Å²) < 4.78 is 0. The second-order valence-electron chi connectivity index (χ2n) is 9.59. The number of nitrogens with zero attached hydrogens (tertiary/aromatic N) is 2. The molecule has 2 heterocycles. The van der Waals surface area contributed by atoms with Gasteiger partial charge in [0.2, 0.25) is 5.91 Å². The third-order valence-electron chi connectivity index (χ3n) is 5.94. The number of fused-ring (bicyclic) bond motifs is 1. The molecule has 1 atom stereocenters. The molecule has 198 valence electrons. The molecule has 0 aliphatic rings. The van der Waals surface area contributed by atoms with Crippen molar-refractivity contribution >= 4 is 28.4 Å². The predicted molar refractivity (Wildman–Crippen MR) is 150 cm³/mol. The monoisotopic (exact) mass is 736 g/mol. The topological polar surface area (TPSA) is 90.1 Å². The summed E-state index contributed by atoms with van der Waals surface area (Å²) in [6.45, 7) is 12.6. The van der Waals surface area contributed by atoms with E-state index in [0.717, 1.165) is 33.3 Å². The number of rotatable bonds is 10. The van der Waals surface area contributed by atoms with E-state index >= 15 is 0 Å². The van der Waals surface area contributed by atoms with E-state index in [4.69, 9.17) is 0 Å². The van der Waals surface area contributed by atoms with Crippen molar-refractivity contribution in [3.05, 3.63) is 84.4 Å². The van der Waals surface area contributed by atoms with Gasteiger partial charge in [-0.2, -0.15) is 0 Å². The zero-order valence-corrected chi connectivity index (χ0v) is 27.1. The summed E-state index contributed by atoms with van der Waals surface area (Å²) in [5, 5.41) is 6.96. The van der Waals surface area contributed by atoms with Crippen LogP contribution in [-0.4, -0.2) is 53.4 Å². The molecule has 0 fully saturated rings. The fourth-order valence-electron chi connectivity index (χ4n) is 3.78. The van der Waals surface area contributed by atoms with Gasteiger partial charge in [-0.15, -0.1) is 35.9 Å². The first kappa shape index (κ1) is 31.3. The number of aromatic nitrogens is 2. The molecule has 0 radical (unpaired) electrons. The summed E-state index contributed by atoms with van der Waals surface area (Å²) in [5.41, 5.74) is 4.88. The molecule has 3 aromatic rings. The Kier molecular flexibility index (Phi) is 11.8. The van der Waals surface area contributed by atoms with Crippen LogP contribution in [0.4, 0.5) is 0 Å². The SMILES string of the molecule is C=C(NC(=O)[C@@H](C)NCC(C)C)/C(=C\C(=C/C)c1cnc2[nH]cc(-c3[c-]cccc3)c2c1)C(=O)N(C)C.[U]. The number of H-pyrrole nitrogens is 1. The van der Waals surface area contributed by atoms with E-state index in [0.29, 0.717) is 18.0 Å². The molecule has 8 heteroatoms. The molecule has 7 nitrogen and oxygen atoms in total. The number of allylic oxidation sites excluding steroid dienone is 3. The minimum absolute atomic E-state index is 0. The van der Waals surface area contributed by atoms with Crippen molar-refractivity contribution < 1.29 is 40.7 Å². The maximum absolute atomic E-state index is 13.1. The van der Waals surface area contributed by atoms with Crippen LogP contribution in [0.3, 0.4) is 0 Å². The zero-order chi connectivity index (χ0) is 27.1. The van der Waals surface area contributed by atoms with Gasteiger partial charge in [-0.05, 0) is 55.1 Å². The summed E-state index contributed by atoms with van der Waals surface area (Å²) in [4.78, 5) is 35.2. The Bertz CT molecular complexity index is 1340. The molecular weight excluding hydrogens is 700 g/mol. The quantitative estimate of drug-likeness (QED) is 0.160. The summed E-state index contributed by atoms with van der Waals surface area (Å²) in [7, 11) is 3.34. The third-order valence-corrected chi connectivity index (χ3v) is 5.94. The number of amides is 2. The molecule has 1 aromatic carbocycles. The van der Waals surface area contributed by atoms with Gasteiger partial charge in [-0.25, -0.2) is 4.98 Å². The maximum atomic E-state index is 13.1. The van der Waals surface area contributed by atoms with Gasteiger partial charge in [0.05, 0.1) is 11.6 Å². The summed E-state index contributed by atoms with van der Waals surface area (Å²) in [6.07, 6.45) is 7.35. The first-order valence-corrected chi connectivity index (χ1v) is 12.4. The summed E-state index contributed by atoms with van der Waals surface area (Å²) in [6, 6.07) is 12.7. The van der Waals surface area contributed by atoms with Gasteiger partial charge in [-0.3, -0.25) is 9.59 Å². The number of hydrogen-bond acceptors (Lipinski definition) is 4. The zero-order valence-electron chi connectivity index (χ0n) is 23.0. The van der Waals surface area contributed by atoms with Crippen molar-refractivity contribution in [2.24, 2.45) is 5.92 Å². The van der Waals surface area contributed by atoms with Crippen LogP contribution in [0.15, 0.2) is 72.7 Å². The van der Waals surface area contributed by atoms with Crippen LogP contribution in [0.25, 0.3) is 27.7 Å². The molecule has 2 amide bonds.